The van der Waals surface area contributed by atoms with Crippen LogP contribution in [0.1, 0.15) is 31.2 Å². The van der Waals surface area contributed by atoms with Crippen molar-refractivity contribution in [1.82, 2.24) is 15.1 Å². The molecule has 146 valence electrons. The Labute approximate surface area is 166 Å². The third kappa shape index (κ3) is 4.53. The number of hydrogen-bond donors (Lipinski definition) is 1. The molecule has 6 heteroatoms. The summed E-state index contributed by atoms with van der Waals surface area (Å²) in [6.45, 7) is 7.23. The lowest BCUT2D eigenvalue weighted by molar-refractivity contribution is -0.139. The van der Waals surface area contributed by atoms with Crippen LogP contribution in [0.3, 0.4) is 0 Å². The first-order valence-electron chi connectivity index (χ1n) is 9.70. The van der Waals surface area contributed by atoms with Crippen LogP contribution in [0.15, 0.2) is 36.9 Å². The Morgan fingerprint density at radius 3 is 2.52 bits per heavy atom. The van der Waals surface area contributed by atoms with Gasteiger partial charge in [0.1, 0.15) is 0 Å². The van der Waals surface area contributed by atoms with E-state index < -0.39 is 5.41 Å². The molecule has 1 aromatic rings. The summed E-state index contributed by atoms with van der Waals surface area (Å²) in [5.41, 5.74) is 0.609. The van der Waals surface area contributed by atoms with Crippen molar-refractivity contribution in [2.24, 2.45) is 0 Å². The molecule has 0 unspecified atom stereocenters. The molecule has 2 fully saturated rings. The van der Waals surface area contributed by atoms with Crippen LogP contribution >= 0.6 is 11.6 Å². The molecule has 0 radical (unpaired) electrons. The van der Waals surface area contributed by atoms with Crippen LogP contribution < -0.4 is 5.32 Å². The molecule has 1 saturated heterocycles. The second-order valence-corrected chi connectivity index (χ2v) is 7.90. The number of piperazine rings is 1. The lowest BCUT2D eigenvalue weighted by atomic mass is 9.77. The van der Waals surface area contributed by atoms with Crippen LogP contribution in [0, 0.1) is 0 Å². The average molecular weight is 390 g/mol. The minimum atomic E-state index is -0.436. The van der Waals surface area contributed by atoms with Gasteiger partial charge in [-0.15, -0.1) is 6.58 Å². The number of amides is 2. The Bertz CT molecular complexity index is 692. The zero-order valence-electron chi connectivity index (χ0n) is 15.8. The highest BCUT2D eigenvalue weighted by molar-refractivity contribution is 6.30. The van der Waals surface area contributed by atoms with E-state index in [1.54, 1.807) is 6.08 Å². The monoisotopic (exact) mass is 389 g/mol. The third-order valence-corrected chi connectivity index (χ3v) is 5.95. The molecule has 0 aromatic heterocycles. The van der Waals surface area contributed by atoms with E-state index in [0.29, 0.717) is 31.2 Å². The predicted octanol–water partition coefficient (Wildman–Crippen LogP) is 2.60. The summed E-state index contributed by atoms with van der Waals surface area (Å²) in [4.78, 5) is 29.4. The van der Waals surface area contributed by atoms with E-state index in [-0.39, 0.29) is 11.8 Å². The summed E-state index contributed by atoms with van der Waals surface area (Å²) in [5.74, 6) is 0.221. The van der Waals surface area contributed by atoms with Gasteiger partial charge in [0.25, 0.3) is 0 Å². The van der Waals surface area contributed by atoms with Crippen molar-refractivity contribution in [3.8, 4) is 0 Å². The molecule has 1 N–H and O–H groups in total. The molecule has 27 heavy (non-hydrogen) atoms. The van der Waals surface area contributed by atoms with Gasteiger partial charge >= 0.3 is 0 Å². The van der Waals surface area contributed by atoms with E-state index in [4.69, 9.17) is 11.6 Å². The van der Waals surface area contributed by atoms with Gasteiger partial charge in [0.05, 0.1) is 12.0 Å². The van der Waals surface area contributed by atoms with E-state index in [0.717, 1.165) is 44.3 Å². The second kappa shape index (κ2) is 8.89. The fourth-order valence-corrected chi connectivity index (χ4v) is 4.44. The van der Waals surface area contributed by atoms with Gasteiger partial charge in [0, 0.05) is 37.7 Å². The Kier molecular flexibility index (Phi) is 6.55. The Morgan fingerprint density at radius 2 is 1.89 bits per heavy atom. The maximum Gasteiger partial charge on any atom is 0.234 e. The zero-order valence-corrected chi connectivity index (χ0v) is 16.5. The molecule has 3 rings (SSSR count). The van der Waals surface area contributed by atoms with E-state index in [1.807, 2.05) is 29.2 Å². The smallest absolute Gasteiger partial charge is 0.234 e. The quantitative estimate of drug-likeness (QED) is 0.761. The molecule has 1 aliphatic carbocycles. The minimum Gasteiger partial charge on any atom is -0.352 e. The Balaban J connectivity index is 1.64. The Morgan fingerprint density at radius 1 is 1.19 bits per heavy atom. The number of hydrogen-bond acceptors (Lipinski definition) is 3. The molecule has 2 aliphatic rings. The van der Waals surface area contributed by atoms with Crippen LogP contribution in [0.4, 0.5) is 0 Å². The van der Waals surface area contributed by atoms with Crippen LogP contribution in [-0.2, 0) is 15.0 Å². The summed E-state index contributed by atoms with van der Waals surface area (Å²) < 4.78 is 0. The molecule has 2 amide bonds. The third-order valence-electron chi connectivity index (χ3n) is 5.71. The van der Waals surface area contributed by atoms with Gasteiger partial charge in [-0.2, -0.15) is 0 Å². The SMILES string of the molecule is C=CCNC(=O)CN1CCN(C(=O)C2(c3cccc(Cl)c3)CCCC2)CC1. The fourth-order valence-electron chi connectivity index (χ4n) is 4.25. The van der Waals surface area contributed by atoms with Gasteiger partial charge in [0.15, 0.2) is 0 Å². The Hall–Kier alpha value is -1.85. The highest BCUT2D eigenvalue weighted by atomic mass is 35.5. The molecule has 1 aliphatic heterocycles. The first kappa shape index (κ1) is 19.9. The largest absolute Gasteiger partial charge is 0.352 e. The summed E-state index contributed by atoms with van der Waals surface area (Å²) in [6, 6.07) is 7.78. The number of carbonyl (C=O) groups is 2. The average Bonchev–Trinajstić information content (AvgIpc) is 3.17. The number of nitrogens with zero attached hydrogens (tertiary/aromatic N) is 2. The summed E-state index contributed by atoms with van der Waals surface area (Å²) >= 11 is 6.20. The molecule has 1 aromatic carbocycles. The lowest BCUT2D eigenvalue weighted by Gasteiger charge is -2.40. The topological polar surface area (TPSA) is 52.7 Å². The second-order valence-electron chi connectivity index (χ2n) is 7.46. The van der Waals surface area contributed by atoms with Crippen molar-refractivity contribution in [1.29, 1.82) is 0 Å². The normalized spacial score (nSPS) is 19.7. The van der Waals surface area contributed by atoms with E-state index in [2.05, 4.69) is 16.8 Å². The fraction of sp³-hybridized carbons (Fsp3) is 0.524. The standard InChI is InChI=1S/C21H28ClN3O2/c1-2-10-23-19(26)16-24-11-13-25(14-12-24)20(27)21(8-3-4-9-21)17-6-5-7-18(22)15-17/h2,5-7,15H,1,3-4,8-14,16H2,(H,23,26). The highest BCUT2D eigenvalue weighted by Crippen LogP contribution is 2.43. The van der Waals surface area contributed by atoms with Gasteiger partial charge in [0.2, 0.25) is 11.8 Å². The van der Waals surface area contributed by atoms with Crippen LogP contribution in [-0.4, -0.2) is 60.9 Å². The summed E-state index contributed by atoms with van der Waals surface area (Å²) in [6.07, 6.45) is 5.58. The minimum absolute atomic E-state index is 0.000803. The van der Waals surface area contributed by atoms with Gasteiger partial charge in [-0.25, -0.2) is 0 Å². The maximum atomic E-state index is 13.5. The van der Waals surface area contributed by atoms with Crippen LogP contribution in [0.5, 0.6) is 0 Å². The van der Waals surface area contributed by atoms with Crippen molar-refractivity contribution in [3.63, 3.8) is 0 Å². The number of carbonyl (C=O) groups excluding carboxylic acids is 2. The lowest BCUT2D eigenvalue weighted by Crippen LogP contribution is -2.55. The first-order chi connectivity index (χ1) is 13.0. The molecule has 0 bridgehead atoms. The van der Waals surface area contributed by atoms with E-state index in [9.17, 15) is 9.59 Å². The van der Waals surface area contributed by atoms with Gasteiger partial charge < -0.3 is 10.2 Å². The molecular weight excluding hydrogens is 362 g/mol. The molecular formula is C21H28ClN3O2. The summed E-state index contributed by atoms with van der Waals surface area (Å²) in [5, 5.41) is 3.48. The van der Waals surface area contributed by atoms with Crippen molar-refractivity contribution >= 4 is 23.4 Å². The molecule has 5 nitrogen and oxygen atoms in total. The van der Waals surface area contributed by atoms with Gasteiger partial charge in [-0.3, -0.25) is 14.5 Å². The van der Waals surface area contributed by atoms with E-state index in [1.165, 1.54) is 0 Å². The van der Waals surface area contributed by atoms with Crippen molar-refractivity contribution in [3.05, 3.63) is 47.5 Å². The first-order valence-corrected chi connectivity index (χ1v) is 10.1. The van der Waals surface area contributed by atoms with Crippen LogP contribution in [0.25, 0.3) is 0 Å². The molecule has 0 spiro atoms. The van der Waals surface area contributed by atoms with Gasteiger partial charge in [-0.1, -0.05) is 42.7 Å². The predicted molar refractivity (Wildman–Crippen MR) is 108 cm³/mol. The van der Waals surface area contributed by atoms with Crippen molar-refractivity contribution in [2.75, 3.05) is 39.3 Å². The van der Waals surface area contributed by atoms with Crippen LogP contribution in [0.2, 0.25) is 5.02 Å². The number of rotatable bonds is 6. The van der Waals surface area contributed by atoms with Gasteiger partial charge in [-0.05, 0) is 30.5 Å². The summed E-state index contributed by atoms with van der Waals surface area (Å²) in [7, 11) is 0. The number of benzene rings is 1. The molecule has 1 heterocycles. The molecule has 1 saturated carbocycles. The van der Waals surface area contributed by atoms with Crippen molar-refractivity contribution in [2.45, 2.75) is 31.1 Å². The van der Waals surface area contributed by atoms with Crippen molar-refractivity contribution < 1.29 is 9.59 Å². The van der Waals surface area contributed by atoms with E-state index >= 15 is 0 Å². The number of nitrogens with one attached hydrogen (secondary N) is 1. The number of halogens is 1. The maximum absolute atomic E-state index is 13.5. The molecule has 0 atom stereocenters. The zero-order chi connectivity index (χ0) is 19.3. The highest BCUT2D eigenvalue weighted by Gasteiger charge is 2.45.